The van der Waals surface area contributed by atoms with Crippen LogP contribution in [-0.2, 0) is 12.6 Å². The standard InChI is InChI=1S/C16H12F3N3/c17-16(18,19)13-4-2-1-3-10(13)7-15-21-9-11-5-6-12(20)8-14(11)22-15/h1-6,8-9H,7,20H2. The van der Waals surface area contributed by atoms with Crippen molar-refractivity contribution >= 4 is 16.6 Å². The smallest absolute Gasteiger partial charge is 0.399 e. The van der Waals surface area contributed by atoms with Gasteiger partial charge in [-0.25, -0.2) is 9.97 Å². The number of anilines is 1. The van der Waals surface area contributed by atoms with Gasteiger partial charge in [-0.2, -0.15) is 13.2 Å². The lowest BCUT2D eigenvalue weighted by Gasteiger charge is -2.12. The lowest BCUT2D eigenvalue weighted by Crippen LogP contribution is -2.10. The first-order valence-electron chi connectivity index (χ1n) is 6.60. The summed E-state index contributed by atoms with van der Waals surface area (Å²) in [4.78, 5) is 8.43. The van der Waals surface area contributed by atoms with Gasteiger partial charge in [0.2, 0.25) is 0 Å². The van der Waals surface area contributed by atoms with Crippen molar-refractivity contribution in [3.05, 3.63) is 65.6 Å². The Morgan fingerprint density at radius 1 is 1.05 bits per heavy atom. The largest absolute Gasteiger partial charge is 0.416 e. The predicted octanol–water partition coefficient (Wildman–Crippen LogP) is 3.82. The number of hydrogen-bond donors (Lipinski definition) is 1. The number of nitrogen functional groups attached to an aromatic ring is 1. The molecule has 0 saturated carbocycles. The van der Waals surface area contributed by atoms with Gasteiger partial charge in [0.05, 0.1) is 11.1 Å². The van der Waals surface area contributed by atoms with Crippen LogP contribution in [0.3, 0.4) is 0 Å². The van der Waals surface area contributed by atoms with E-state index in [0.29, 0.717) is 17.0 Å². The molecule has 0 spiro atoms. The Morgan fingerprint density at radius 2 is 1.82 bits per heavy atom. The van der Waals surface area contributed by atoms with E-state index in [-0.39, 0.29) is 12.0 Å². The number of fused-ring (bicyclic) bond motifs is 1. The molecule has 0 unspecified atom stereocenters. The quantitative estimate of drug-likeness (QED) is 0.732. The second kappa shape index (κ2) is 5.29. The highest BCUT2D eigenvalue weighted by Crippen LogP contribution is 2.32. The topological polar surface area (TPSA) is 51.8 Å². The predicted molar refractivity (Wildman–Crippen MR) is 78.2 cm³/mol. The molecule has 0 aliphatic carbocycles. The summed E-state index contributed by atoms with van der Waals surface area (Å²) in [6, 6.07) is 10.6. The molecule has 112 valence electrons. The van der Waals surface area contributed by atoms with Crippen molar-refractivity contribution in [2.75, 3.05) is 5.73 Å². The third-order valence-corrected chi connectivity index (χ3v) is 3.33. The fourth-order valence-electron chi connectivity index (χ4n) is 2.29. The van der Waals surface area contributed by atoms with Crippen LogP contribution < -0.4 is 5.73 Å². The van der Waals surface area contributed by atoms with Crippen molar-refractivity contribution < 1.29 is 13.2 Å². The molecule has 0 amide bonds. The summed E-state index contributed by atoms with van der Waals surface area (Å²) < 4.78 is 39.0. The van der Waals surface area contributed by atoms with Crippen LogP contribution in [0.15, 0.2) is 48.7 Å². The number of rotatable bonds is 2. The number of hydrogen-bond acceptors (Lipinski definition) is 3. The fourth-order valence-corrected chi connectivity index (χ4v) is 2.29. The summed E-state index contributed by atoms with van der Waals surface area (Å²) in [5.74, 6) is 0.329. The van der Waals surface area contributed by atoms with E-state index in [1.165, 1.54) is 12.1 Å². The summed E-state index contributed by atoms with van der Waals surface area (Å²) in [5, 5.41) is 0.794. The molecule has 3 aromatic rings. The number of benzene rings is 2. The van der Waals surface area contributed by atoms with Gasteiger partial charge in [0.15, 0.2) is 0 Å². The molecule has 1 heterocycles. The lowest BCUT2D eigenvalue weighted by molar-refractivity contribution is -0.138. The first kappa shape index (κ1) is 14.3. The molecule has 3 nitrogen and oxygen atoms in total. The number of nitrogens with two attached hydrogens (primary N) is 1. The second-order valence-electron chi connectivity index (χ2n) is 4.94. The molecule has 0 fully saturated rings. The summed E-state index contributed by atoms with van der Waals surface area (Å²) in [7, 11) is 0. The highest BCUT2D eigenvalue weighted by atomic mass is 19.4. The average molecular weight is 303 g/mol. The van der Waals surface area contributed by atoms with Gasteiger partial charge in [-0.05, 0) is 29.8 Å². The summed E-state index contributed by atoms with van der Waals surface area (Å²) in [6.45, 7) is 0. The minimum Gasteiger partial charge on any atom is -0.399 e. The lowest BCUT2D eigenvalue weighted by atomic mass is 10.0. The molecule has 0 bridgehead atoms. The molecular weight excluding hydrogens is 291 g/mol. The Bertz CT molecular complexity index is 828. The summed E-state index contributed by atoms with van der Waals surface area (Å²) in [6.07, 6.45) is -2.79. The molecule has 1 aromatic heterocycles. The monoisotopic (exact) mass is 303 g/mol. The zero-order valence-corrected chi connectivity index (χ0v) is 11.4. The first-order chi connectivity index (χ1) is 10.4. The molecule has 6 heteroatoms. The zero-order chi connectivity index (χ0) is 15.7. The van der Waals surface area contributed by atoms with Crippen molar-refractivity contribution in [3.63, 3.8) is 0 Å². The van der Waals surface area contributed by atoms with E-state index >= 15 is 0 Å². The van der Waals surface area contributed by atoms with Gasteiger partial charge < -0.3 is 5.73 Å². The fraction of sp³-hybridized carbons (Fsp3) is 0.125. The van der Waals surface area contributed by atoms with Crippen molar-refractivity contribution in [2.45, 2.75) is 12.6 Å². The van der Waals surface area contributed by atoms with Gasteiger partial charge in [-0.3, -0.25) is 0 Å². The van der Waals surface area contributed by atoms with Crippen LogP contribution in [0.1, 0.15) is 17.0 Å². The third kappa shape index (κ3) is 2.86. The SMILES string of the molecule is Nc1ccc2cnc(Cc3ccccc3C(F)(F)F)nc2c1. The van der Waals surface area contributed by atoms with Gasteiger partial charge in [0.25, 0.3) is 0 Å². The summed E-state index contributed by atoms with van der Waals surface area (Å²) in [5.41, 5.74) is 6.36. The number of halogens is 3. The van der Waals surface area contributed by atoms with E-state index < -0.39 is 11.7 Å². The van der Waals surface area contributed by atoms with E-state index in [1.807, 2.05) is 0 Å². The van der Waals surface area contributed by atoms with Crippen LogP contribution in [0.4, 0.5) is 18.9 Å². The van der Waals surface area contributed by atoms with Gasteiger partial charge >= 0.3 is 6.18 Å². The van der Waals surface area contributed by atoms with Gasteiger partial charge in [-0.15, -0.1) is 0 Å². The second-order valence-corrected chi connectivity index (χ2v) is 4.94. The normalized spacial score (nSPS) is 11.8. The van der Waals surface area contributed by atoms with E-state index in [9.17, 15) is 13.2 Å². The number of alkyl halides is 3. The molecule has 3 rings (SSSR count). The van der Waals surface area contributed by atoms with E-state index in [1.54, 1.807) is 30.5 Å². The van der Waals surface area contributed by atoms with Crippen LogP contribution in [0.5, 0.6) is 0 Å². The average Bonchev–Trinajstić information content (AvgIpc) is 2.46. The number of nitrogens with zero attached hydrogens (tertiary/aromatic N) is 2. The molecule has 0 radical (unpaired) electrons. The Balaban J connectivity index is 2.00. The highest BCUT2D eigenvalue weighted by molar-refractivity contribution is 5.80. The van der Waals surface area contributed by atoms with Gasteiger partial charge in [0.1, 0.15) is 5.82 Å². The first-order valence-corrected chi connectivity index (χ1v) is 6.60. The molecule has 0 saturated heterocycles. The number of aromatic nitrogens is 2. The van der Waals surface area contributed by atoms with Crippen molar-refractivity contribution in [3.8, 4) is 0 Å². The Labute approximate surface area is 124 Å². The Morgan fingerprint density at radius 3 is 2.59 bits per heavy atom. The molecule has 0 aliphatic heterocycles. The van der Waals surface area contributed by atoms with Crippen LogP contribution in [0, 0.1) is 0 Å². The van der Waals surface area contributed by atoms with Crippen molar-refractivity contribution in [1.29, 1.82) is 0 Å². The maximum absolute atomic E-state index is 13.0. The zero-order valence-electron chi connectivity index (χ0n) is 11.4. The molecular formula is C16H12F3N3. The maximum atomic E-state index is 13.0. The minimum atomic E-state index is -4.39. The van der Waals surface area contributed by atoms with Crippen molar-refractivity contribution in [2.24, 2.45) is 0 Å². The van der Waals surface area contributed by atoms with Crippen LogP contribution in [0.2, 0.25) is 0 Å². The van der Waals surface area contributed by atoms with Crippen LogP contribution in [-0.4, -0.2) is 9.97 Å². The van der Waals surface area contributed by atoms with Crippen LogP contribution >= 0.6 is 0 Å². The molecule has 0 aliphatic rings. The van der Waals surface area contributed by atoms with Gasteiger partial charge in [0, 0.05) is 23.7 Å². The van der Waals surface area contributed by atoms with E-state index in [4.69, 9.17) is 5.73 Å². The maximum Gasteiger partial charge on any atom is 0.416 e. The Hall–Kier alpha value is -2.63. The Kier molecular flexibility index (Phi) is 3.44. The molecule has 2 N–H and O–H groups in total. The third-order valence-electron chi connectivity index (χ3n) is 3.33. The molecule has 0 atom stereocenters. The van der Waals surface area contributed by atoms with E-state index in [2.05, 4.69) is 9.97 Å². The minimum absolute atomic E-state index is 0.0143. The molecule has 2 aromatic carbocycles. The van der Waals surface area contributed by atoms with E-state index in [0.717, 1.165) is 11.5 Å². The highest BCUT2D eigenvalue weighted by Gasteiger charge is 2.32. The summed E-state index contributed by atoms with van der Waals surface area (Å²) >= 11 is 0. The molecule has 22 heavy (non-hydrogen) atoms. The van der Waals surface area contributed by atoms with Crippen molar-refractivity contribution in [1.82, 2.24) is 9.97 Å². The van der Waals surface area contributed by atoms with Gasteiger partial charge in [-0.1, -0.05) is 18.2 Å². The van der Waals surface area contributed by atoms with Crippen LogP contribution in [0.25, 0.3) is 10.9 Å².